The molecule has 6 heteroatoms. The molecule has 2 saturated heterocycles. The fourth-order valence-electron chi connectivity index (χ4n) is 4.83. The predicted octanol–water partition coefficient (Wildman–Crippen LogP) is 3.74. The van der Waals surface area contributed by atoms with Crippen LogP contribution >= 0.6 is 0 Å². The van der Waals surface area contributed by atoms with E-state index in [1.165, 1.54) is 23.7 Å². The summed E-state index contributed by atoms with van der Waals surface area (Å²) in [5, 5.41) is 4.36. The van der Waals surface area contributed by atoms with E-state index in [9.17, 15) is 8.78 Å². The number of hydrogen-bond acceptors (Lipinski definition) is 3. The highest BCUT2D eigenvalue weighted by molar-refractivity contribution is 5.19. The average molecular weight is 389 g/mol. The van der Waals surface area contributed by atoms with Crippen LogP contribution in [0.3, 0.4) is 0 Å². The van der Waals surface area contributed by atoms with Crippen LogP contribution in [0.2, 0.25) is 0 Å². The van der Waals surface area contributed by atoms with Crippen LogP contribution in [0.1, 0.15) is 36.1 Å². The van der Waals surface area contributed by atoms with E-state index in [1.54, 1.807) is 12.1 Å². The second kappa shape index (κ2) is 8.29. The van der Waals surface area contributed by atoms with Gasteiger partial charge in [-0.25, -0.2) is 8.78 Å². The number of hydrogen-bond donors (Lipinski definition) is 0. The number of nitrogens with zero attached hydrogens (tertiary/aromatic N) is 4. The van der Waals surface area contributed by atoms with Crippen LogP contribution in [0, 0.1) is 30.4 Å². The molecule has 2 aliphatic rings. The van der Waals surface area contributed by atoms with E-state index in [2.05, 4.69) is 21.8 Å². The molecule has 0 amide bonds. The zero-order chi connectivity index (χ0) is 19.7. The Morgan fingerprint density at radius 1 is 0.964 bits per heavy atom. The van der Waals surface area contributed by atoms with E-state index in [0.29, 0.717) is 12.1 Å². The number of piperidine rings is 1. The van der Waals surface area contributed by atoms with Crippen molar-refractivity contribution in [3.63, 3.8) is 0 Å². The third-order valence-electron chi connectivity index (χ3n) is 6.76. The van der Waals surface area contributed by atoms with Gasteiger partial charge in [0.05, 0.1) is 6.20 Å². The van der Waals surface area contributed by atoms with E-state index in [4.69, 9.17) is 0 Å². The Bertz CT molecular complexity index is 811. The van der Waals surface area contributed by atoms with Gasteiger partial charge in [0.2, 0.25) is 0 Å². The molecule has 0 saturated carbocycles. The number of likely N-dealkylation sites (tertiary alicyclic amines) is 2. The zero-order valence-corrected chi connectivity index (χ0v) is 16.9. The van der Waals surface area contributed by atoms with E-state index >= 15 is 0 Å². The third kappa shape index (κ3) is 4.13. The first-order chi connectivity index (χ1) is 13.5. The van der Waals surface area contributed by atoms with Crippen molar-refractivity contribution < 1.29 is 8.78 Å². The summed E-state index contributed by atoms with van der Waals surface area (Å²) in [6.45, 7) is 7.90. The van der Waals surface area contributed by atoms with Gasteiger partial charge in [-0.1, -0.05) is 12.1 Å². The first-order valence-electron chi connectivity index (χ1n) is 10.4. The van der Waals surface area contributed by atoms with Crippen molar-refractivity contribution in [2.75, 3.05) is 26.2 Å². The standard InChI is InChI=1S/C22H30F2N4/c1-16-20(12-25-26(16)2)15-28-11-8-18(13-28)17-6-9-27(10-7-17)14-19-4-3-5-21(23)22(19)24/h3-5,12,17-18H,6-11,13-15H2,1-2H3. The Balaban J connectivity index is 1.26. The van der Waals surface area contributed by atoms with Crippen molar-refractivity contribution in [3.05, 3.63) is 52.9 Å². The van der Waals surface area contributed by atoms with Gasteiger partial charge in [0.1, 0.15) is 0 Å². The second-order valence-electron chi connectivity index (χ2n) is 8.49. The zero-order valence-electron chi connectivity index (χ0n) is 16.9. The average Bonchev–Trinajstić information content (AvgIpc) is 3.28. The highest BCUT2D eigenvalue weighted by atomic mass is 19.2. The molecule has 3 heterocycles. The van der Waals surface area contributed by atoms with Crippen LogP contribution in [0.25, 0.3) is 0 Å². The van der Waals surface area contributed by atoms with Crippen molar-refractivity contribution in [2.45, 2.75) is 39.3 Å². The molecule has 4 rings (SSSR count). The molecule has 152 valence electrons. The summed E-state index contributed by atoms with van der Waals surface area (Å²) in [7, 11) is 2.00. The van der Waals surface area contributed by atoms with Crippen molar-refractivity contribution in [3.8, 4) is 0 Å². The minimum absolute atomic E-state index is 0.470. The molecule has 2 aliphatic heterocycles. The van der Waals surface area contributed by atoms with Crippen LogP contribution in [0.4, 0.5) is 8.78 Å². The molecule has 0 aliphatic carbocycles. The lowest BCUT2D eigenvalue weighted by Crippen LogP contribution is -2.36. The van der Waals surface area contributed by atoms with Gasteiger partial charge in [-0.15, -0.1) is 0 Å². The molecule has 1 aromatic heterocycles. The lowest BCUT2D eigenvalue weighted by atomic mass is 9.83. The monoisotopic (exact) mass is 388 g/mol. The fourth-order valence-corrected chi connectivity index (χ4v) is 4.83. The smallest absolute Gasteiger partial charge is 0.163 e. The Labute approximate surface area is 166 Å². The fraction of sp³-hybridized carbons (Fsp3) is 0.591. The summed E-state index contributed by atoms with van der Waals surface area (Å²) in [5.41, 5.74) is 3.05. The summed E-state index contributed by atoms with van der Waals surface area (Å²) in [6, 6.07) is 4.47. The highest BCUT2D eigenvalue weighted by Gasteiger charge is 2.32. The largest absolute Gasteiger partial charge is 0.299 e. The van der Waals surface area contributed by atoms with E-state index in [0.717, 1.165) is 57.4 Å². The van der Waals surface area contributed by atoms with Crippen LogP contribution in [0.15, 0.2) is 24.4 Å². The summed E-state index contributed by atoms with van der Waals surface area (Å²) in [5.74, 6) is 0.0580. The number of benzene rings is 1. The van der Waals surface area contributed by atoms with Gasteiger partial charge < -0.3 is 0 Å². The molecule has 28 heavy (non-hydrogen) atoms. The molecule has 0 bridgehead atoms. The molecule has 1 unspecified atom stereocenters. The number of rotatable bonds is 5. The van der Waals surface area contributed by atoms with Gasteiger partial charge in [-0.05, 0) is 63.7 Å². The summed E-state index contributed by atoms with van der Waals surface area (Å²) >= 11 is 0. The van der Waals surface area contributed by atoms with Crippen molar-refractivity contribution >= 4 is 0 Å². The summed E-state index contributed by atoms with van der Waals surface area (Å²) < 4.78 is 29.3. The Morgan fingerprint density at radius 3 is 2.36 bits per heavy atom. The Kier molecular flexibility index (Phi) is 5.78. The molecular formula is C22H30F2N4. The first kappa shape index (κ1) is 19.5. The maximum Gasteiger partial charge on any atom is 0.163 e. The van der Waals surface area contributed by atoms with Crippen molar-refractivity contribution in [1.82, 2.24) is 19.6 Å². The van der Waals surface area contributed by atoms with Crippen molar-refractivity contribution in [1.29, 1.82) is 0 Å². The van der Waals surface area contributed by atoms with Crippen LogP contribution < -0.4 is 0 Å². The molecule has 0 spiro atoms. The molecule has 0 radical (unpaired) electrons. The number of aromatic nitrogens is 2. The molecule has 1 aromatic carbocycles. The van der Waals surface area contributed by atoms with Gasteiger partial charge in [-0.3, -0.25) is 14.5 Å². The number of halogens is 2. The molecule has 2 fully saturated rings. The maximum absolute atomic E-state index is 13.9. The summed E-state index contributed by atoms with van der Waals surface area (Å²) in [6.07, 6.45) is 5.57. The minimum atomic E-state index is -0.748. The molecular weight excluding hydrogens is 358 g/mol. The first-order valence-corrected chi connectivity index (χ1v) is 10.4. The molecule has 2 aromatic rings. The van der Waals surface area contributed by atoms with Crippen molar-refractivity contribution in [2.24, 2.45) is 18.9 Å². The van der Waals surface area contributed by atoms with Gasteiger partial charge in [0.25, 0.3) is 0 Å². The summed E-state index contributed by atoms with van der Waals surface area (Å²) in [4.78, 5) is 4.82. The molecule has 1 atom stereocenters. The van der Waals surface area contributed by atoms with E-state index in [1.807, 2.05) is 17.9 Å². The Morgan fingerprint density at radius 2 is 1.64 bits per heavy atom. The van der Waals surface area contributed by atoms with Crippen LogP contribution in [-0.4, -0.2) is 45.8 Å². The highest BCUT2D eigenvalue weighted by Crippen LogP contribution is 2.33. The SMILES string of the molecule is Cc1c(CN2CCC(C3CCN(Cc4cccc(F)c4F)CC3)C2)cnn1C. The van der Waals surface area contributed by atoms with Gasteiger partial charge in [0.15, 0.2) is 11.6 Å². The Hall–Kier alpha value is -1.79. The van der Waals surface area contributed by atoms with E-state index in [-0.39, 0.29) is 0 Å². The predicted molar refractivity (Wildman–Crippen MR) is 106 cm³/mol. The van der Waals surface area contributed by atoms with Gasteiger partial charge in [-0.2, -0.15) is 5.10 Å². The molecule has 0 N–H and O–H groups in total. The van der Waals surface area contributed by atoms with Crippen LogP contribution in [0.5, 0.6) is 0 Å². The second-order valence-corrected chi connectivity index (χ2v) is 8.49. The number of aryl methyl sites for hydroxylation is 1. The normalized spacial score (nSPS) is 22.2. The lowest BCUT2D eigenvalue weighted by Gasteiger charge is -2.35. The van der Waals surface area contributed by atoms with Gasteiger partial charge in [0, 0.05) is 43.5 Å². The quantitative estimate of drug-likeness (QED) is 0.780. The maximum atomic E-state index is 13.9. The van der Waals surface area contributed by atoms with Gasteiger partial charge >= 0.3 is 0 Å². The minimum Gasteiger partial charge on any atom is -0.299 e. The third-order valence-corrected chi connectivity index (χ3v) is 6.76. The topological polar surface area (TPSA) is 24.3 Å². The van der Waals surface area contributed by atoms with E-state index < -0.39 is 11.6 Å². The lowest BCUT2D eigenvalue weighted by molar-refractivity contribution is 0.139. The van der Waals surface area contributed by atoms with Crippen LogP contribution in [-0.2, 0) is 20.1 Å². The molecule has 4 nitrogen and oxygen atoms in total.